The molecule has 160 valence electrons. The van der Waals surface area contributed by atoms with E-state index < -0.39 is 5.91 Å². The molecule has 3 aromatic heterocycles. The Morgan fingerprint density at radius 1 is 1.30 bits per heavy atom. The molecule has 0 aliphatic heterocycles. The lowest BCUT2D eigenvalue weighted by Crippen LogP contribution is -2.36. The van der Waals surface area contributed by atoms with E-state index in [0.717, 1.165) is 29.7 Å². The predicted octanol–water partition coefficient (Wildman–Crippen LogP) is 4.00. The Labute approximate surface area is 184 Å². The van der Waals surface area contributed by atoms with Gasteiger partial charge in [0.15, 0.2) is 5.69 Å². The van der Waals surface area contributed by atoms with Gasteiger partial charge >= 0.3 is 0 Å². The van der Waals surface area contributed by atoms with Gasteiger partial charge in [0.2, 0.25) is 0 Å². The van der Waals surface area contributed by atoms with Gasteiger partial charge in [-0.3, -0.25) is 19.7 Å². The van der Waals surface area contributed by atoms with Gasteiger partial charge in [0.1, 0.15) is 10.7 Å². The Balaban J connectivity index is 1.75. The van der Waals surface area contributed by atoms with Crippen LogP contribution in [0.15, 0.2) is 4.79 Å². The Kier molecular flexibility index (Phi) is 5.05. The minimum atomic E-state index is -0.535. The summed E-state index contributed by atoms with van der Waals surface area (Å²) in [7, 11) is 1.71. The van der Waals surface area contributed by atoms with Crippen LogP contribution in [0.3, 0.4) is 0 Å². The van der Waals surface area contributed by atoms with E-state index in [2.05, 4.69) is 36.3 Å². The highest BCUT2D eigenvalue weighted by Gasteiger charge is 2.32. The first kappa shape index (κ1) is 21.1. The Hall–Kier alpha value is -2.19. The highest BCUT2D eigenvalue weighted by atomic mass is 35.5. The molecule has 0 unspecified atom stereocenters. The lowest BCUT2D eigenvalue weighted by atomic mass is 9.72. The highest BCUT2D eigenvalue weighted by Crippen LogP contribution is 2.42. The molecule has 1 aliphatic carbocycles. The van der Waals surface area contributed by atoms with Crippen molar-refractivity contribution in [3.8, 4) is 0 Å². The molecule has 0 spiro atoms. The number of aromatic nitrogens is 4. The zero-order valence-corrected chi connectivity index (χ0v) is 19.7. The average molecular weight is 448 g/mol. The SMILES string of the molecule is Cc1c(Cl)c(C(=O)Nn2c(C)nc3sc4c(c3c2=O)CC[C@@H](C(C)(C)C)C4)nn1C. The number of rotatable bonds is 2. The van der Waals surface area contributed by atoms with Gasteiger partial charge in [-0.05, 0) is 50.0 Å². The fourth-order valence-corrected chi connectivity index (χ4v) is 5.66. The maximum atomic E-state index is 13.3. The van der Waals surface area contributed by atoms with Crippen LogP contribution < -0.4 is 11.0 Å². The van der Waals surface area contributed by atoms with E-state index in [0.29, 0.717) is 22.8 Å². The summed E-state index contributed by atoms with van der Waals surface area (Å²) in [6.07, 6.45) is 2.87. The number of nitrogens with zero attached hydrogens (tertiary/aromatic N) is 4. The number of hydrogen-bond donors (Lipinski definition) is 1. The van der Waals surface area contributed by atoms with Crippen LogP contribution in [0, 0.1) is 25.2 Å². The smallest absolute Gasteiger partial charge is 0.271 e. The summed E-state index contributed by atoms with van der Waals surface area (Å²) in [5, 5.41) is 5.05. The zero-order valence-electron chi connectivity index (χ0n) is 18.1. The second-order valence-corrected chi connectivity index (χ2v) is 10.6. The number of hydrogen-bond acceptors (Lipinski definition) is 5. The van der Waals surface area contributed by atoms with Crippen LogP contribution in [0.1, 0.15) is 59.6 Å². The summed E-state index contributed by atoms with van der Waals surface area (Å²) in [5.74, 6) is 0.471. The molecule has 3 heterocycles. The van der Waals surface area contributed by atoms with Gasteiger partial charge in [0.25, 0.3) is 11.5 Å². The molecule has 0 radical (unpaired) electrons. The van der Waals surface area contributed by atoms with Crippen LogP contribution in [0.4, 0.5) is 0 Å². The molecule has 0 saturated carbocycles. The van der Waals surface area contributed by atoms with Gasteiger partial charge in [-0.2, -0.15) is 5.10 Å². The summed E-state index contributed by atoms with van der Waals surface area (Å²) >= 11 is 7.84. The lowest BCUT2D eigenvalue weighted by molar-refractivity contribution is 0.100. The maximum absolute atomic E-state index is 13.3. The van der Waals surface area contributed by atoms with Crippen LogP contribution in [-0.4, -0.2) is 25.3 Å². The van der Waals surface area contributed by atoms with Crippen LogP contribution in [0.25, 0.3) is 10.2 Å². The van der Waals surface area contributed by atoms with Gasteiger partial charge in [-0.15, -0.1) is 11.3 Å². The van der Waals surface area contributed by atoms with Crippen molar-refractivity contribution in [2.24, 2.45) is 18.4 Å². The van der Waals surface area contributed by atoms with Crippen molar-refractivity contribution >= 4 is 39.1 Å². The molecule has 0 bridgehead atoms. The Bertz CT molecular complexity index is 1230. The summed E-state index contributed by atoms with van der Waals surface area (Å²) in [4.78, 5) is 32.7. The van der Waals surface area contributed by atoms with Crippen molar-refractivity contribution in [1.82, 2.24) is 19.4 Å². The van der Waals surface area contributed by atoms with E-state index in [1.54, 1.807) is 32.2 Å². The van der Waals surface area contributed by atoms with Gasteiger partial charge in [0.05, 0.1) is 16.1 Å². The average Bonchev–Trinajstić information content (AvgIpc) is 3.15. The van der Waals surface area contributed by atoms with Gasteiger partial charge in [-0.1, -0.05) is 32.4 Å². The van der Waals surface area contributed by atoms with Gasteiger partial charge in [0, 0.05) is 11.9 Å². The number of carbonyl (C=O) groups is 1. The van der Waals surface area contributed by atoms with Crippen molar-refractivity contribution in [2.75, 3.05) is 5.43 Å². The fraction of sp³-hybridized carbons (Fsp3) is 0.524. The number of fused-ring (bicyclic) bond motifs is 3. The normalized spacial score (nSPS) is 16.7. The van der Waals surface area contributed by atoms with Crippen molar-refractivity contribution < 1.29 is 4.79 Å². The van der Waals surface area contributed by atoms with Crippen LogP contribution >= 0.6 is 22.9 Å². The zero-order chi connectivity index (χ0) is 22.0. The van der Waals surface area contributed by atoms with Gasteiger partial charge < -0.3 is 0 Å². The number of halogens is 1. The van der Waals surface area contributed by atoms with E-state index in [4.69, 9.17) is 11.6 Å². The van der Waals surface area contributed by atoms with E-state index in [1.165, 1.54) is 14.2 Å². The van der Waals surface area contributed by atoms with Crippen molar-refractivity contribution in [1.29, 1.82) is 0 Å². The third-order valence-corrected chi connectivity index (χ3v) is 7.77. The number of amides is 1. The van der Waals surface area contributed by atoms with Gasteiger partial charge in [-0.25, -0.2) is 9.66 Å². The molecule has 1 N–H and O–H groups in total. The minimum Gasteiger partial charge on any atom is -0.271 e. The minimum absolute atomic E-state index is 0.0865. The molecule has 0 aromatic carbocycles. The molecule has 30 heavy (non-hydrogen) atoms. The monoisotopic (exact) mass is 447 g/mol. The quantitative estimate of drug-likeness (QED) is 0.643. The number of thiophene rings is 1. The molecule has 3 aromatic rings. The third-order valence-electron chi connectivity index (χ3n) is 6.16. The van der Waals surface area contributed by atoms with Crippen LogP contribution in [0.2, 0.25) is 5.02 Å². The van der Waals surface area contributed by atoms with Crippen LogP contribution in [-0.2, 0) is 19.9 Å². The van der Waals surface area contributed by atoms with Crippen molar-refractivity contribution in [3.05, 3.63) is 43.0 Å². The Morgan fingerprint density at radius 3 is 2.60 bits per heavy atom. The molecular formula is C21H26ClN5O2S. The molecule has 7 nitrogen and oxygen atoms in total. The first-order valence-corrected chi connectivity index (χ1v) is 11.2. The third kappa shape index (κ3) is 3.36. The number of aryl methyl sites for hydroxylation is 3. The lowest BCUT2D eigenvalue weighted by Gasteiger charge is -2.33. The summed E-state index contributed by atoms with van der Waals surface area (Å²) in [5.41, 5.74) is 4.48. The summed E-state index contributed by atoms with van der Waals surface area (Å²) < 4.78 is 2.75. The predicted molar refractivity (Wildman–Crippen MR) is 120 cm³/mol. The van der Waals surface area contributed by atoms with Crippen LogP contribution in [0.5, 0.6) is 0 Å². The molecule has 0 saturated heterocycles. The number of carbonyl (C=O) groups excluding carboxylic acids is 1. The second kappa shape index (κ2) is 7.20. The Morgan fingerprint density at radius 2 is 2.00 bits per heavy atom. The molecule has 0 fully saturated rings. The largest absolute Gasteiger partial charge is 0.292 e. The van der Waals surface area contributed by atoms with E-state index in [-0.39, 0.29) is 21.7 Å². The first-order chi connectivity index (χ1) is 14.0. The molecule has 1 atom stereocenters. The molecule has 4 rings (SSSR count). The standard InChI is InChI=1S/C21H26ClN5O2S/c1-10-16(22)17(24-26(10)6)18(28)25-27-11(2)23-19-15(20(27)29)13-8-7-12(21(3,4)5)9-14(13)30-19/h12H,7-9H2,1-6H3,(H,25,28)/t12-/m1/s1. The fourth-order valence-electron chi connectivity index (χ4n) is 4.08. The molecular weight excluding hydrogens is 422 g/mol. The van der Waals surface area contributed by atoms with E-state index >= 15 is 0 Å². The topological polar surface area (TPSA) is 81.8 Å². The van der Waals surface area contributed by atoms with E-state index in [9.17, 15) is 9.59 Å². The van der Waals surface area contributed by atoms with Crippen molar-refractivity contribution in [2.45, 2.75) is 53.9 Å². The van der Waals surface area contributed by atoms with Crippen molar-refractivity contribution in [3.63, 3.8) is 0 Å². The second-order valence-electron chi connectivity index (χ2n) is 9.10. The molecule has 1 amide bonds. The highest BCUT2D eigenvalue weighted by molar-refractivity contribution is 7.18. The van der Waals surface area contributed by atoms with E-state index in [1.807, 2.05) is 0 Å². The summed E-state index contributed by atoms with van der Waals surface area (Å²) in [6.45, 7) is 10.3. The first-order valence-electron chi connectivity index (χ1n) is 10.0. The maximum Gasteiger partial charge on any atom is 0.292 e. The summed E-state index contributed by atoms with van der Waals surface area (Å²) in [6, 6.07) is 0. The molecule has 1 aliphatic rings. The molecule has 9 heteroatoms. The number of nitrogens with one attached hydrogen (secondary N) is 1.